The summed E-state index contributed by atoms with van der Waals surface area (Å²) in [5, 5.41) is 0. The van der Waals surface area contributed by atoms with Gasteiger partial charge in [-0.1, -0.05) is 114 Å². The maximum Gasteiger partial charge on any atom is -0.0564 e. The summed E-state index contributed by atoms with van der Waals surface area (Å²) >= 11 is 0. The van der Waals surface area contributed by atoms with Crippen LogP contribution in [0.25, 0.3) is 0 Å². The molecule has 0 heteroatoms. The molecule has 0 N–H and O–H groups in total. The highest BCUT2D eigenvalue weighted by Crippen LogP contribution is 1.77. The van der Waals surface area contributed by atoms with Gasteiger partial charge in [0.15, 0.2) is 0 Å². The van der Waals surface area contributed by atoms with Gasteiger partial charge >= 0.3 is 0 Å². The lowest BCUT2D eigenvalue weighted by molar-refractivity contribution is 0.886. The average Bonchev–Trinajstić information content (AvgIpc) is 2.39. The molecule has 0 rings (SSSR count). The second kappa shape index (κ2) is 56.2. The van der Waals surface area contributed by atoms with Crippen molar-refractivity contribution in [2.24, 2.45) is 0 Å². The number of hydrogen-bond acceptors (Lipinski definition) is 0. The van der Waals surface area contributed by atoms with Crippen molar-refractivity contribution in [3.8, 4) is 0 Å². The molecule has 0 saturated carbocycles. The molecule has 0 amide bonds. The van der Waals surface area contributed by atoms with Crippen LogP contribution in [0.3, 0.4) is 0 Å². The molecule has 0 spiro atoms. The Morgan fingerprint density at radius 2 is 0.353 bits per heavy atom. The highest BCUT2D eigenvalue weighted by Gasteiger charge is 1.57. The molecular formula is C17H44. The fraction of sp³-hybridized carbons (Fsp3) is 1.00. The Morgan fingerprint density at radius 1 is 0.294 bits per heavy atom. The Labute approximate surface area is 115 Å². The molecule has 0 saturated heterocycles. The standard InChI is InChI=1S/4C4H10.CH4/c4*1-3-4-2;/h4*3-4H2,1-2H3;1H4. The molecule has 0 fully saturated rings. The maximum atomic E-state index is 2.18. The Morgan fingerprint density at radius 3 is 0.353 bits per heavy atom. The van der Waals surface area contributed by atoms with E-state index < -0.39 is 0 Å². The van der Waals surface area contributed by atoms with Crippen LogP contribution in [0.1, 0.15) is 114 Å². The van der Waals surface area contributed by atoms with E-state index in [4.69, 9.17) is 0 Å². The van der Waals surface area contributed by atoms with Gasteiger partial charge in [0.1, 0.15) is 0 Å². The lowest BCUT2D eigenvalue weighted by Gasteiger charge is -1.68. The average molecular weight is 249 g/mol. The second-order valence-corrected chi connectivity index (χ2v) is 4.00. The quantitative estimate of drug-likeness (QED) is 0.475. The molecule has 0 aliphatic heterocycles. The van der Waals surface area contributed by atoms with Gasteiger partial charge in [0.25, 0.3) is 0 Å². The summed E-state index contributed by atoms with van der Waals surface area (Å²) in [6.45, 7) is 17.4. The molecule has 17 heavy (non-hydrogen) atoms. The summed E-state index contributed by atoms with van der Waals surface area (Å²) in [4.78, 5) is 0. The third-order valence-electron chi connectivity index (χ3n) is 2.00. The van der Waals surface area contributed by atoms with Crippen molar-refractivity contribution in [1.82, 2.24) is 0 Å². The predicted molar refractivity (Wildman–Crippen MR) is 89.1 cm³/mol. The lowest BCUT2D eigenvalue weighted by Crippen LogP contribution is -1.47. The summed E-state index contributed by atoms with van der Waals surface area (Å²) in [5.74, 6) is 0. The molecule has 0 nitrogen and oxygen atoms in total. The van der Waals surface area contributed by atoms with Crippen molar-refractivity contribution in [3.63, 3.8) is 0 Å². The minimum absolute atomic E-state index is 0. The van der Waals surface area contributed by atoms with Gasteiger partial charge in [-0.3, -0.25) is 0 Å². The van der Waals surface area contributed by atoms with Crippen molar-refractivity contribution >= 4 is 0 Å². The molecule has 112 valence electrons. The van der Waals surface area contributed by atoms with E-state index in [-0.39, 0.29) is 7.43 Å². The zero-order valence-electron chi connectivity index (χ0n) is 13.7. The van der Waals surface area contributed by atoms with Gasteiger partial charge in [-0.2, -0.15) is 0 Å². The van der Waals surface area contributed by atoms with Gasteiger partial charge < -0.3 is 0 Å². The molecular weight excluding hydrogens is 204 g/mol. The first kappa shape index (κ1) is 30.2. The van der Waals surface area contributed by atoms with Gasteiger partial charge in [-0.05, 0) is 0 Å². The van der Waals surface area contributed by atoms with E-state index in [2.05, 4.69) is 55.4 Å². The Hall–Kier alpha value is 0. The van der Waals surface area contributed by atoms with Crippen LogP contribution in [0.2, 0.25) is 0 Å². The van der Waals surface area contributed by atoms with Crippen molar-refractivity contribution in [2.45, 2.75) is 114 Å². The van der Waals surface area contributed by atoms with Gasteiger partial charge in [0.05, 0.1) is 0 Å². The zero-order chi connectivity index (χ0) is 13.7. The smallest absolute Gasteiger partial charge is 0.0564 e. The van der Waals surface area contributed by atoms with Crippen LogP contribution in [0.15, 0.2) is 0 Å². The molecule has 0 atom stereocenters. The fourth-order valence-corrected chi connectivity index (χ4v) is 0. The molecule has 0 bridgehead atoms. The first-order valence-corrected chi connectivity index (χ1v) is 7.66. The summed E-state index contributed by atoms with van der Waals surface area (Å²) < 4.78 is 0. The monoisotopic (exact) mass is 248 g/mol. The SMILES string of the molecule is C.CCCC.CCCC.CCCC.CCCC. The maximum absolute atomic E-state index is 2.18. The summed E-state index contributed by atoms with van der Waals surface area (Å²) in [7, 11) is 0. The van der Waals surface area contributed by atoms with Gasteiger partial charge in [-0.15, -0.1) is 0 Å². The topological polar surface area (TPSA) is 0 Å². The molecule has 0 radical (unpaired) electrons. The van der Waals surface area contributed by atoms with Crippen LogP contribution in [0, 0.1) is 0 Å². The van der Waals surface area contributed by atoms with E-state index in [0.29, 0.717) is 0 Å². The summed E-state index contributed by atoms with van der Waals surface area (Å²) in [5.41, 5.74) is 0. The zero-order valence-corrected chi connectivity index (χ0v) is 13.7. The van der Waals surface area contributed by atoms with Crippen LogP contribution in [0.5, 0.6) is 0 Å². The number of unbranched alkanes of at least 4 members (excludes halogenated alkanes) is 4. The first-order valence-electron chi connectivity index (χ1n) is 7.66. The highest BCUT2D eigenvalue weighted by molar-refractivity contribution is 4.13. The summed E-state index contributed by atoms with van der Waals surface area (Å²) in [6, 6.07) is 0. The number of rotatable bonds is 4. The van der Waals surface area contributed by atoms with Crippen molar-refractivity contribution in [3.05, 3.63) is 0 Å². The normalized spacial score (nSPS) is 7.06. The lowest BCUT2D eigenvalue weighted by atomic mass is 10.4. The van der Waals surface area contributed by atoms with Crippen molar-refractivity contribution in [1.29, 1.82) is 0 Å². The number of hydrogen-bond donors (Lipinski definition) is 0. The Kier molecular flexibility index (Phi) is 100. The van der Waals surface area contributed by atoms with E-state index in [9.17, 15) is 0 Å². The van der Waals surface area contributed by atoms with E-state index in [1.54, 1.807) is 0 Å². The van der Waals surface area contributed by atoms with E-state index in [1.807, 2.05) is 0 Å². The molecule has 0 unspecified atom stereocenters. The van der Waals surface area contributed by atoms with Crippen LogP contribution < -0.4 is 0 Å². The minimum Gasteiger partial charge on any atom is -0.0776 e. The molecule has 0 aromatic heterocycles. The molecule has 0 aromatic carbocycles. The predicted octanol–water partition coefficient (Wildman–Crippen LogP) is 7.86. The second-order valence-electron chi connectivity index (χ2n) is 4.00. The van der Waals surface area contributed by atoms with Crippen LogP contribution in [-0.2, 0) is 0 Å². The molecule has 0 heterocycles. The third kappa shape index (κ3) is 196. The largest absolute Gasteiger partial charge is 0.0776 e. The first-order chi connectivity index (χ1) is 7.66. The van der Waals surface area contributed by atoms with Gasteiger partial charge in [0, 0.05) is 0 Å². The van der Waals surface area contributed by atoms with Crippen LogP contribution in [-0.4, -0.2) is 0 Å². The molecule has 0 aliphatic carbocycles. The fourth-order valence-electron chi connectivity index (χ4n) is 0. The van der Waals surface area contributed by atoms with Gasteiger partial charge in [-0.25, -0.2) is 0 Å². The molecule has 0 aromatic rings. The highest BCUT2D eigenvalue weighted by atomic mass is 13.6. The van der Waals surface area contributed by atoms with E-state index in [0.717, 1.165) is 0 Å². The van der Waals surface area contributed by atoms with E-state index in [1.165, 1.54) is 51.4 Å². The molecule has 0 aliphatic rings. The van der Waals surface area contributed by atoms with Crippen LogP contribution in [0.4, 0.5) is 0 Å². The Bertz CT molecular complexity index is 24.0. The van der Waals surface area contributed by atoms with E-state index >= 15 is 0 Å². The third-order valence-corrected chi connectivity index (χ3v) is 2.00. The van der Waals surface area contributed by atoms with Gasteiger partial charge in [0.2, 0.25) is 0 Å². The van der Waals surface area contributed by atoms with Crippen LogP contribution >= 0.6 is 0 Å². The minimum atomic E-state index is 0. The van der Waals surface area contributed by atoms with Crippen molar-refractivity contribution in [2.75, 3.05) is 0 Å². The van der Waals surface area contributed by atoms with Crippen molar-refractivity contribution < 1.29 is 0 Å². The Balaban J connectivity index is -0.0000000369. The summed E-state index contributed by atoms with van der Waals surface area (Å²) in [6.07, 6.45) is 10.6.